The van der Waals surface area contributed by atoms with Crippen molar-refractivity contribution in [3.8, 4) is 0 Å². The fraction of sp³-hybridized carbons (Fsp3) is 0.700. The van der Waals surface area contributed by atoms with Crippen LogP contribution in [0.15, 0.2) is 0 Å². The summed E-state index contributed by atoms with van der Waals surface area (Å²) in [4.78, 5) is 35.0. The molecule has 1 atom stereocenters. The predicted molar refractivity (Wildman–Crippen MR) is 69.2 cm³/mol. The molecule has 0 aliphatic rings. The van der Waals surface area contributed by atoms with Crippen molar-refractivity contribution in [1.29, 1.82) is 0 Å². The molecule has 3 N–H and O–H groups in total. The summed E-state index contributed by atoms with van der Waals surface area (Å²) < 4.78 is 4.46. The van der Waals surface area contributed by atoms with E-state index in [1.165, 1.54) is 19.1 Å². The van der Waals surface area contributed by atoms with Gasteiger partial charge in [0, 0.05) is 7.05 Å². The van der Waals surface area contributed by atoms with Crippen molar-refractivity contribution < 1.29 is 19.1 Å². The van der Waals surface area contributed by atoms with E-state index in [4.69, 9.17) is 5.73 Å². The van der Waals surface area contributed by atoms with Crippen molar-refractivity contribution >= 4 is 29.7 Å². The first-order valence-corrected chi connectivity index (χ1v) is 6.68. The van der Waals surface area contributed by atoms with Crippen molar-refractivity contribution in [3.05, 3.63) is 0 Å². The van der Waals surface area contributed by atoms with Crippen molar-refractivity contribution in [2.45, 2.75) is 12.5 Å². The molecule has 0 aromatic heterocycles. The van der Waals surface area contributed by atoms with Crippen LogP contribution in [0.1, 0.15) is 6.42 Å². The Kier molecular flexibility index (Phi) is 7.93. The lowest BCUT2D eigenvalue weighted by Crippen LogP contribution is -2.50. The highest BCUT2D eigenvalue weighted by atomic mass is 32.2. The zero-order valence-electron chi connectivity index (χ0n) is 10.8. The Morgan fingerprint density at radius 3 is 2.50 bits per heavy atom. The van der Waals surface area contributed by atoms with Crippen LogP contribution >= 0.6 is 11.8 Å². The van der Waals surface area contributed by atoms with Crippen LogP contribution in [0.2, 0.25) is 0 Å². The molecule has 0 aliphatic heterocycles. The Bertz CT molecular complexity index is 311. The van der Waals surface area contributed by atoms with E-state index in [0.717, 1.165) is 0 Å². The predicted octanol–water partition coefficient (Wildman–Crippen LogP) is -0.592. The first kappa shape index (κ1) is 16.6. The number of hydrogen-bond donors (Lipinski definition) is 2. The van der Waals surface area contributed by atoms with Crippen LogP contribution in [-0.2, 0) is 14.3 Å². The molecule has 1 unspecified atom stereocenters. The fourth-order valence-corrected chi connectivity index (χ4v) is 1.74. The summed E-state index contributed by atoms with van der Waals surface area (Å²) in [6, 6.07) is -1.48. The molecule has 0 spiro atoms. The third kappa shape index (κ3) is 6.33. The summed E-state index contributed by atoms with van der Waals surface area (Å²) >= 11 is 1.55. The van der Waals surface area contributed by atoms with Crippen molar-refractivity contribution in [1.82, 2.24) is 10.2 Å². The van der Waals surface area contributed by atoms with E-state index in [9.17, 15) is 14.4 Å². The molecule has 0 heterocycles. The van der Waals surface area contributed by atoms with Crippen molar-refractivity contribution in [2.24, 2.45) is 5.73 Å². The Balaban J connectivity index is 4.51. The molecule has 104 valence electrons. The van der Waals surface area contributed by atoms with E-state index < -0.39 is 18.0 Å². The van der Waals surface area contributed by atoms with Gasteiger partial charge in [0.25, 0.3) is 0 Å². The molecule has 18 heavy (non-hydrogen) atoms. The summed E-state index contributed by atoms with van der Waals surface area (Å²) in [6.45, 7) is -0.161. The monoisotopic (exact) mass is 277 g/mol. The number of amides is 3. The van der Waals surface area contributed by atoms with Gasteiger partial charge in [-0.25, -0.2) is 4.79 Å². The van der Waals surface area contributed by atoms with Crippen LogP contribution in [0.25, 0.3) is 0 Å². The number of likely N-dealkylation sites (N-methyl/N-ethyl adjacent to an activating group) is 1. The van der Waals surface area contributed by atoms with Crippen LogP contribution in [0, 0.1) is 0 Å². The molecule has 0 saturated heterocycles. The number of nitrogens with one attached hydrogen (secondary N) is 1. The standard InChI is InChI=1S/C10H19N3O4S/c1-13(6-8(14)17-2)9(15)7(4-5-18-3)12-10(11)16/h7H,4-6H2,1-3H3,(H3,11,12,16). The van der Waals surface area contributed by atoms with Gasteiger partial charge in [-0.05, 0) is 18.4 Å². The fourth-order valence-electron chi connectivity index (χ4n) is 1.27. The number of ether oxygens (including phenoxy) is 1. The third-order valence-electron chi connectivity index (χ3n) is 2.20. The van der Waals surface area contributed by atoms with Gasteiger partial charge in [0.2, 0.25) is 5.91 Å². The van der Waals surface area contributed by atoms with Gasteiger partial charge < -0.3 is 20.7 Å². The van der Waals surface area contributed by atoms with Gasteiger partial charge in [-0.3, -0.25) is 9.59 Å². The van der Waals surface area contributed by atoms with Gasteiger partial charge >= 0.3 is 12.0 Å². The molecule has 0 bridgehead atoms. The van der Waals surface area contributed by atoms with Gasteiger partial charge in [0.15, 0.2) is 0 Å². The highest BCUT2D eigenvalue weighted by Crippen LogP contribution is 2.04. The average Bonchev–Trinajstić information content (AvgIpc) is 2.32. The van der Waals surface area contributed by atoms with E-state index in [1.54, 1.807) is 11.8 Å². The minimum atomic E-state index is -0.763. The van der Waals surface area contributed by atoms with E-state index in [-0.39, 0.29) is 12.5 Å². The number of thioether (sulfide) groups is 1. The van der Waals surface area contributed by atoms with Crippen LogP contribution in [0.4, 0.5) is 4.79 Å². The summed E-state index contributed by atoms with van der Waals surface area (Å²) in [5, 5.41) is 2.37. The summed E-state index contributed by atoms with van der Waals surface area (Å²) in [5.74, 6) is -0.190. The van der Waals surface area contributed by atoms with Crippen molar-refractivity contribution in [2.75, 3.05) is 32.7 Å². The first-order chi connectivity index (χ1) is 8.42. The lowest BCUT2D eigenvalue weighted by atomic mass is 10.2. The number of carbonyl (C=O) groups excluding carboxylic acids is 3. The number of urea groups is 1. The molecule has 0 saturated carbocycles. The molecule has 0 aromatic rings. The maximum atomic E-state index is 12.0. The topological polar surface area (TPSA) is 102 Å². The maximum absolute atomic E-state index is 12.0. The Morgan fingerprint density at radius 2 is 2.06 bits per heavy atom. The highest BCUT2D eigenvalue weighted by Gasteiger charge is 2.24. The number of rotatable bonds is 7. The molecular formula is C10H19N3O4S. The highest BCUT2D eigenvalue weighted by molar-refractivity contribution is 7.98. The summed E-state index contributed by atoms with van der Waals surface area (Å²) in [5.41, 5.74) is 5.01. The Labute approximate surface area is 110 Å². The molecule has 8 heteroatoms. The number of hydrogen-bond acceptors (Lipinski definition) is 5. The minimum absolute atomic E-state index is 0.161. The van der Waals surface area contributed by atoms with Gasteiger partial charge in [-0.15, -0.1) is 0 Å². The van der Waals surface area contributed by atoms with E-state index in [0.29, 0.717) is 12.2 Å². The minimum Gasteiger partial charge on any atom is -0.468 e. The number of nitrogens with two attached hydrogens (primary N) is 1. The van der Waals surface area contributed by atoms with Gasteiger partial charge in [0.1, 0.15) is 12.6 Å². The van der Waals surface area contributed by atoms with Crippen LogP contribution in [-0.4, -0.2) is 61.6 Å². The SMILES string of the molecule is COC(=O)CN(C)C(=O)C(CCSC)NC(N)=O. The molecule has 0 radical (unpaired) electrons. The van der Waals surface area contributed by atoms with Crippen LogP contribution < -0.4 is 11.1 Å². The molecular weight excluding hydrogens is 258 g/mol. The smallest absolute Gasteiger partial charge is 0.325 e. The average molecular weight is 277 g/mol. The van der Waals surface area contributed by atoms with Crippen LogP contribution in [0.3, 0.4) is 0 Å². The van der Waals surface area contributed by atoms with Crippen molar-refractivity contribution in [3.63, 3.8) is 0 Å². The van der Waals surface area contributed by atoms with E-state index >= 15 is 0 Å². The quantitative estimate of drug-likeness (QED) is 0.605. The number of methoxy groups -OCH3 is 1. The lowest BCUT2D eigenvalue weighted by Gasteiger charge is -2.22. The first-order valence-electron chi connectivity index (χ1n) is 5.29. The molecule has 7 nitrogen and oxygen atoms in total. The van der Waals surface area contributed by atoms with Gasteiger partial charge in [-0.2, -0.15) is 11.8 Å². The zero-order chi connectivity index (χ0) is 14.1. The Hall–Kier alpha value is -1.44. The Morgan fingerprint density at radius 1 is 1.44 bits per heavy atom. The molecule has 0 rings (SSSR count). The maximum Gasteiger partial charge on any atom is 0.325 e. The van der Waals surface area contributed by atoms with Crippen LogP contribution in [0.5, 0.6) is 0 Å². The zero-order valence-corrected chi connectivity index (χ0v) is 11.6. The normalized spacial score (nSPS) is 11.5. The molecule has 0 fully saturated rings. The van der Waals surface area contributed by atoms with E-state index in [1.807, 2.05) is 6.26 Å². The second-order valence-corrected chi connectivity index (χ2v) is 4.60. The van der Waals surface area contributed by atoms with E-state index in [2.05, 4.69) is 10.1 Å². The number of nitrogens with zero attached hydrogens (tertiary/aromatic N) is 1. The second-order valence-electron chi connectivity index (χ2n) is 3.61. The number of primary amides is 1. The molecule has 0 aromatic carbocycles. The lowest BCUT2D eigenvalue weighted by molar-refractivity contribution is -0.146. The molecule has 3 amide bonds. The largest absolute Gasteiger partial charge is 0.468 e. The second kappa shape index (κ2) is 8.62. The summed E-state index contributed by atoms with van der Waals surface area (Å²) in [7, 11) is 2.71. The summed E-state index contributed by atoms with van der Waals surface area (Å²) in [6.07, 6.45) is 2.35. The number of esters is 1. The molecule has 0 aliphatic carbocycles. The van der Waals surface area contributed by atoms with Gasteiger partial charge in [0.05, 0.1) is 7.11 Å². The third-order valence-corrected chi connectivity index (χ3v) is 2.84. The number of carbonyl (C=O) groups is 3. The van der Waals surface area contributed by atoms with Gasteiger partial charge in [-0.1, -0.05) is 0 Å².